The first-order valence-electron chi connectivity index (χ1n) is 8.42. The molecule has 24 heavy (non-hydrogen) atoms. The van der Waals surface area contributed by atoms with Crippen LogP contribution in [0.4, 0.5) is 4.39 Å². The van der Waals surface area contributed by atoms with Gasteiger partial charge in [0.2, 0.25) is 0 Å². The van der Waals surface area contributed by atoms with Crippen molar-refractivity contribution in [2.24, 2.45) is 0 Å². The summed E-state index contributed by atoms with van der Waals surface area (Å²) in [6.45, 7) is 2.91. The fraction of sp³-hybridized carbons (Fsp3) is 0.611. The highest BCUT2D eigenvalue weighted by Gasteiger charge is 2.16. The molecular weight excluding hydrogens is 315 g/mol. The number of carbonyl (C=O) groups is 1. The van der Waals surface area contributed by atoms with Crippen LogP contribution in [0.25, 0.3) is 0 Å². The number of rotatable bonds is 9. The van der Waals surface area contributed by atoms with Crippen molar-refractivity contribution >= 4 is 5.97 Å². The minimum Gasteiger partial charge on any atom is -0.490 e. The number of carbonyl (C=O) groups excluding carboxylic acids is 1. The molecule has 0 radical (unpaired) electrons. The van der Waals surface area contributed by atoms with Crippen molar-refractivity contribution in [2.45, 2.75) is 51.4 Å². The third-order valence-electron chi connectivity index (χ3n) is 3.69. The van der Waals surface area contributed by atoms with Crippen LogP contribution in [0.2, 0.25) is 0 Å². The Bertz CT molecular complexity index is 485. The molecule has 0 spiro atoms. The first-order valence-corrected chi connectivity index (χ1v) is 8.42. The van der Waals surface area contributed by atoms with Crippen LogP contribution in [-0.4, -0.2) is 38.2 Å². The summed E-state index contributed by atoms with van der Waals surface area (Å²) in [6, 6.07) is 5.75. The van der Waals surface area contributed by atoms with Crippen molar-refractivity contribution in [3.8, 4) is 5.75 Å². The van der Waals surface area contributed by atoms with Crippen molar-refractivity contribution in [1.29, 1.82) is 0 Å². The Labute approximate surface area is 142 Å². The van der Waals surface area contributed by atoms with Crippen LogP contribution < -0.4 is 4.74 Å². The van der Waals surface area contributed by atoms with Gasteiger partial charge in [0.05, 0.1) is 0 Å². The Morgan fingerprint density at radius 3 is 2.79 bits per heavy atom. The molecule has 2 rings (SSSR count). The summed E-state index contributed by atoms with van der Waals surface area (Å²) in [5.74, 6) is -0.124. The molecule has 6 heteroatoms. The van der Waals surface area contributed by atoms with Crippen molar-refractivity contribution < 1.29 is 28.1 Å². The predicted octanol–water partition coefficient (Wildman–Crippen LogP) is 3.46. The summed E-state index contributed by atoms with van der Waals surface area (Å²) < 4.78 is 34.9. The lowest BCUT2D eigenvalue weighted by molar-refractivity contribution is -0.165. The number of halogens is 1. The molecule has 1 aromatic carbocycles. The zero-order chi connectivity index (χ0) is 17.2. The SMILES string of the molecule is CC(=O)O[C@H](CCCO[C@@H]1CCCCO1)COc1ccc(F)cc1. The Morgan fingerprint density at radius 2 is 2.12 bits per heavy atom. The minimum atomic E-state index is -0.358. The summed E-state index contributed by atoms with van der Waals surface area (Å²) in [5, 5.41) is 0. The van der Waals surface area contributed by atoms with Crippen molar-refractivity contribution in [3.63, 3.8) is 0 Å². The van der Waals surface area contributed by atoms with E-state index in [9.17, 15) is 9.18 Å². The van der Waals surface area contributed by atoms with Crippen molar-refractivity contribution in [2.75, 3.05) is 19.8 Å². The van der Waals surface area contributed by atoms with Gasteiger partial charge in [-0.1, -0.05) is 0 Å². The monoisotopic (exact) mass is 340 g/mol. The zero-order valence-electron chi connectivity index (χ0n) is 14.0. The fourth-order valence-electron chi connectivity index (χ4n) is 2.50. The van der Waals surface area contributed by atoms with Gasteiger partial charge in [0.1, 0.15) is 24.3 Å². The van der Waals surface area contributed by atoms with Crippen molar-refractivity contribution in [3.05, 3.63) is 30.1 Å². The summed E-state index contributed by atoms with van der Waals surface area (Å²) in [6.07, 6.45) is 4.06. The fourth-order valence-corrected chi connectivity index (χ4v) is 2.50. The van der Waals surface area contributed by atoms with E-state index in [1.54, 1.807) is 12.1 Å². The molecule has 1 fully saturated rings. The van der Waals surface area contributed by atoms with Crippen LogP contribution in [0, 0.1) is 5.82 Å². The normalized spacial score (nSPS) is 18.8. The van der Waals surface area contributed by atoms with Gasteiger partial charge in [-0.25, -0.2) is 4.39 Å². The lowest BCUT2D eigenvalue weighted by atomic mass is 10.2. The quantitative estimate of drug-likeness (QED) is 0.509. The molecule has 0 N–H and O–H groups in total. The highest BCUT2D eigenvalue weighted by Crippen LogP contribution is 2.16. The molecule has 1 saturated heterocycles. The van der Waals surface area contributed by atoms with Gasteiger partial charge in [-0.3, -0.25) is 4.79 Å². The zero-order valence-corrected chi connectivity index (χ0v) is 14.0. The van der Waals surface area contributed by atoms with Gasteiger partial charge in [0, 0.05) is 20.1 Å². The summed E-state index contributed by atoms with van der Waals surface area (Å²) in [7, 11) is 0. The Morgan fingerprint density at radius 1 is 1.33 bits per heavy atom. The topological polar surface area (TPSA) is 54.0 Å². The average molecular weight is 340 g/mol. The molecule has 0 unspecified atom stereocenters. The van der Waals surface area contributed by atoms with Crippen LogP contribution in [0.1, 0.15) is 39.0 Å². The van der Waals surface area contributed by atoms with E-state index in [-0.39, 0.29) is 30.8 Å². The summed E-state index contributed by atoms with van der Waals surface area (Å²) in [4.78, 5) is 11.2. The van der Waals surface area contributed by atoms with Gasteiger partial charge in [0.15, 0.2) is 6.29 Å². The molecule has 1 aromatic rings. The molecule has 1 aliphatic heterocycles. The van der Waals surface area contributed by atoms with Crippen LogP contribution in [0.3, 0.4) is 0 Å². The Kier molecular flexibility index (Phi) is 7.98. The third kappa shape index (κ3) is 7.27. The average Bonchev–Trinajstić information content (AvgIpc) is 2.58. The second kappa shape index (κ2) is 10.3. The second-order valence-electron chi connectivity index (χ2n) is 5.81. The van der Waals surface area contributed by atoms with E-state index in [1.807, 2.05) is 0 Å². The van der Waals surface area contributed by atoms with Gasteiger partial charge >= 0.3 is 5.97 Å². The largest absolute Gasteiger partial charge is 0.490 e. The van der Waals surface area contributed by atoms with E-state index < -0.39 is 0 Å². The molecule has 0 saturated carbocycles. The number of ether oxygens (including phenoxy) is 4. The van der Waals surface area contributed by atoms with Crippen LogP contribution >= 0.6 is 0 Å². The van der Waals surface area contributed by atoms with Gasteiger partial charge in [-0.15, -0.1) is 0 Å². The van der Waals surface area contributed by atoms with Crippen molar-refractivity contribution in [1.82, 2.24) is 0 Å². The molecule has 0 aliphatic carbocycles. The van der Waals surface area contributed by atoms with E-state index in [2.05, 4.69) is 0 Å². The molecule has 1 heterocycles. The second-order valence-corrected chi connectivity index (χ2v) is 5.81. The number of hydrogen-bond donors (Lipinski definition) is 0. The van der Waals surface area contributed by atoms with Gasteiger partial charge in [-0.2, -0.15) is 0 Å². The van der Waals surface area contributed by atoms with E-state index in [0.29, 0.717) is 18.8 Å². The van der Waals surface area contributed by atoms with Crippen LogP contribution in [-0.2, 0) is 19.0 Å². The Hall–Kier alpha value is -1.66. The van der Waals surface area contributed by atoms with Crippen LogP contribution in [0.5, 0.6) is 5.75 Å². The van der Waals surface area contributed by atoms with Gasteiger partial charge in [0.25, 0.3) is 0 Å². The molecule has 1 aliphatic rings. The maximum absolute atomic E-state index is 12.9. The molecular formula is C18H25FO5. The van der Waals surface area contributed by atoms with Gasteiger partial charge in [-0.05, 0) is 56.4 Å². The summed E-state index contributed by atoms with van der Waals surface area (Å²) in [5.41, 5.74) is 0. The standard InChI is InChI=1S/C18H25FO5/c1-14(20)24-17(13-23-16-9-7-15(19)8-10-16)5-4-12-22-18-6-2-3-11-21-18/h7-10,17-18H,2-6,11-13H2,1H3/t17-,18-/m1/s1. The molecule has 0 amide bonds. The van der Waals surface area contributed by atoms with E-state index in [0.717, 1.165) is 32.3 Å². The van der Waals surface area contributed by atoms with Crippen LogP contribution in [0.15, 0.2) is 24.3 Å². The maximum Gasteiger partial charge on any atom is 0.303 e. The minimum absolute atomic E-state index is 0.110. The third-order valence-corrected chi connectivity index (χ3v) is 3.69. The molecule has 2 atom stereocenters. The lowest BCUT2D eigenvalue weighted by Crippen LogP contribution is -2.26. The first kappa shape index (κ1) is 18.7. The number of hydrogen-bond acceptors (Lipinski definition) is 5. The highest BCUT2D eigenvalue weighted by atomic mass is 19.1. The maximum atomic E-state index is 12.9. The van der Waals surface area contributed by atoms with E-state index >= 15 is 0 Å². The molecule has 0 aromatic heterocycles. The van der Waals surface area contributed by atoms with Gasteiger partial charge < -0.3 is 18.9 Å². The van der Waals surface area contributed by atoms with E-state index in [4.69, 9.17) is 18.9 Å². The number of esters is 1. The number of benzene rings is 1. The lowest BCUT2D eigenvalue weighted by Gasteiger charge is -2.23. The van der Waals surface area contributed by atoms with E-state index in [1.165, 1.54) is 19.1 Å². The Balaban J connectivity index is 1.69. The molecule has 134 valence electrons. The molecule has 5 nitrogen and oxygen atoms in total. The summed E-state index contributed by atoms with van der Waals surface area (Å²) >= 11 is 0. The smallest absolute Gasteiger partial charge is 0.303 e. The first-order chi connectivity index (χ1) is 11.6. The molecule has 0 bridgehead atoms. The predicted molar refractivity (Wildman–Crippen MR) is 86.2 cm³/mol. The highest BCUT2D eigenvalue weighted by molar-refractivity contribution is 5.66.